The molecule has 0 bridgehead atoms. The van der Waals surface area contributed by atoms with E-state index in [0.29, 0.717) is 28.7 Å². The van der Waals surface area contributed by atoms with Crippen molar-refractivity contribution in [2.45, 2.75) is 72.6 Å². The number of ether oxygens (including phenoxy) is 1. The van der Waals surface area contributed by atoms with Crippen molar-refractivity contribution in [2.75, 3.05) is 18.4 Å². The number of rotatable bonds is 5. The highest BCUT2D eigenvalue weighted by molar-refractivity contribution is 9.10. The molecule has 0 aliphatic carbocycles. The highest BCUT2D eigenvalue weighted by Crippen LogP contribution is 2.30. The molecule has 1 aromatic carbocycles. The molecule has 3 N–H and O–H groups in total. The molecule has 2 heterocycles. The Bertz CT molecular complexity index is 1160. The van der Waals surface area contributed by atoms with Gasteiger partial charge < -0.3 is 25.3 Å². The SMILES string of the molecule is Cc1cc(NC2CCN(C(=O)OC(C)(C)C)CC2)c(Br)c(C(=O)NCc2c(C)cc(C)[nH]c2=O)c1. The van der Waals surface area contributed by atoms with Gasteiger partial charge >= 0.3 is 6.09 Å². The lowest BCUT2D eigenvalue weighted by atomic mass is 10.0. The van der Waals surface area contributed by atoms with E-state index in [4.69, 9.17) is 4.74 Å². The van der Waals surface area contributed by atoms with E-state index < -0.39 is 5.60 Å². The van der Waals surface area contributed by atoms with Crippen LogP contribution in [0.2, 0.25) is 0 Å². The van der Waals surface area contributed by atoms with E-state index in [9.17, 15) is 14.4 Å². The number of nitrogens with zero attached hydrogens (tertiary/aromatic N) is 1. The zero-order valence-electron chi connectivity index (χ0n) is 21.3. The summed E-state index contributed by atoms with van der Waals surface area (Å²) in [4.78, 5) is 42.1. The van der Waals surface area contributed by atoms with Crippen molar-refractivity contribution in [3.63, 3.8) is 0 Å². The predicted molar refractivity (Wildman–Crippen MR) is 141 cm³/mol. The number of piperidine rings is 1. The van der Waals surface area contributed by atoms with Gasteiger partial charge in [0.15, 0.2) is 0 Å². The van der Waals surface area contributed by atoms with Crippen LogP contribution in [-0.2, 0) is 11.3 Å². The van der Waals surface area contributed by atoms with E-state index in [2.05, 4.69) is 31.5 Å². The van der Waals surface area contributed by atoms with Gasteiger partial charge in [0.05, 0.1) is 10.0 Å². The maximum absolute atomic E-state index is 13.0. The number of hydrogen-bond acceptors (Lipinski definition) is 5. The average molecular weight is 547 g/mol. The first kappa shape index (κ1) is 26.8. The van der Waals surface area contributed by atoms with Gasteiger partial charge in [-0.05, 0) is 99.6 Å². The lowest BCUT2D eigenvalue weighted by Crippen LogP contribution is -2.44. The molecule has 1 saturated heterocycles. The number of aryl methyl sites for hydroxylation is 3. The monoisotopic (exact) mass is 546 g/mol. The molecular formula is C26H35BrN4O4. The average Bonchev–Trinajstić information content (AvgIpc) is 2.74. The van der Waals surface area contributed by atoms with Gasteiger partial charge in [0, 0.05) is 42.6 Å². The zero-order valence-corrected chi connectivity index (χ0v) is 22.9. The lowest BCUT2D eigenvalue weighted by molar-refractivity contribution is 0.0210. The van der Waals surface area contributed by atoms with E-state index in [1.165, 1.54) is 0 Å². The molecule has 0 unspecified atom stereocenters. The summed E-state index contributed by atoms with van der Waals surface area (Å²) in [7, 11) is 0. The maximum Gasteiger partial charge on any atom is 0.410 e. The van der Waals surface area contributed by atoms with Crippen LogP contribution >= 0.6 is 15.9 Å². The van der Waals surface area contributed by atoms with Gasteiger partial charge in [0.1, 0.15) is 5.60 Å². The molecule has 0 saturated carbocycles. The first-order chi connectivity index (χ1) is 16.3. The number of carbonyl (C=O) groups excluding carboxylic acids is 2. The molecule has 190 valence electrons. The number of amides is 2. The Morgan fingerprint density at radius 3 is 2.40 bits per heavy atom. The summed E-state index contributed by atoms with van der Waals surface area (Å²) in [6, 6.07) is 5.87. The highest BCUT2D eigenvalue weighted by Gasteiger charge is 2.27. The van der Waals surface area contributed by atoms with E-state index in [0.717, 1.165) is 35.3 Å². The minimum atomic E-state index is -0.513. The van der Waals surface area contributed by atoms with Crippen molar-refractivity contribution >= 4 is 33.6 Å². The lowest BCUT2D eigenvalue weighted by Gasteiger charge is -2.34. The van der Waals surface area contributed by atoms with Crippen LogP contribution in [0.25, 0.3) is 0 Å². The third-order valence-electron chi connectivity index (χ3n) is 5.89. The van der Waals surface area contributed by atoms with E-state index in [1.807, 2.05) is 59.7 Å². The quantitative estimate of drug-likeness (QED) is 0.499. The van der Waals surface area contributed by atoms with Crippen molar-refractivity contribution in [1.29, 1.82) is 0 Å². The summed E-state index contributed by atoms with van der Waals surface area (Å²) in [6.07, 6.45) is 1.27. The Labute approximate surface area is 215 Å². The number of aromatic amines is 1. The molecule has 9 heteroatoms. The van der Waals surface area contributed by atoms with Crippen molar-refractivity contribution in [2.24, 2.45) is 0 Å². The Morgan fingerprint density at radius 1 is 1.14 bits per heavy atom. The molecule has 1 aliphatic rings. The number of carbonyl (C=O) groups is 2. The Hall–Kier alpha value is -2.81. The van der Waals surface area contributed by atoms with Gasteiger partial charge in [-0.1, -0.05) is 0 Å². The smallest absolute Gasteiger partial charge is 0.410 e. The summed E-state index contributed by atoms with van der Waals surface area (Å²) in [5.74, 6) is -0.261. The van der Waals surface area contributed by atoms with Crippen LogP contribution in [0.4, 0.5) is 10.5 Å². The summed E-state index contributed by atoms with van der Waals surface area (Å²) in [5.41, 5.74) is 3.74. The van der Waals surface area contributed by atoms with Crippen LogP contribution in [0.3, 0.4) is 0 Å². The minimum Gasteiger partial charge on any atom is -0.444 e. The molecule has 1 aromatic heterocycles. The van der Waals surface area contributed by atoms with Gasteiger partial charge in [0.25, 0.3) is 11.5 Å². The number of H-pyrrole nitrogens is 1. The van der Waals surface area contributed by atoms with Crippen LogP contribution in [0.15, 0.2) is 27.5 Å². The van der Waals surface area contributed by atoms with Crippen LogP contribution in [0.1, 0.15) is 66.4 Å². The van der Waals surface area contributed by atoms with E-state index >= 15 is 0 Å². The molecule has 35 heavy (non-hydrogen) atoms. The fraction of sp³-hybridized carbons (Fsp3) is 0.500. The normalized spacial score (nSPS) is 14.5. The molecule has 2 amide bonds. The summed E-state index contributed by atoms with van der Waals surface area (Å²) in [5, 5.41) is 6.41. The third-order valence-corrected chi connectivity index (χ3v) is 6.74. The minimum absolute atomic E-state index is 0.145. The Kier molecular flexibility index (Phi) is 8.30. The van der Waals surface area contributed by atoms with Crippen molar-refractivity contribution in [3.8, 4) is 0 Å². The second-order valence-electron chi connectivity index (χ2n) is 10.2. The summed E-state index contributed by atoms with van der Waals surface area (Å²) >= 11 is 3.60. The summed E-state index contributed by atoms with van der Waals surface area (Å²) < 4.78 is 6.15. The molecule has 1 fully saturated rings. The second kappa shape index (κ2) is 10.8. The van der Waals surface area contributed by atoms with Crippen molar-refractivity contribution < 1.29 is 14.3 Å². The second-order valence-corrected chi connectivity index (χ2v) is 11.0. The highest BCUT2D eigenvalue weighted by atomic mass is 79.9. The predicted octanol–water partition coefficient (Wildman–Crippen LogP) is 4.80. The number of pyridine rings is 1. The van der Waals surface area contributed by atoms with Gasteiger partial charge in [0.2, 0.25) is 0 Å². The first-order valence-corrected chi connectivity index (χ1v) is 12.7. The molecule has 0 radical (unpaired) electrons. The third kappa shape index (κ3) is 7.10. The molecule has 0 atom stereocenters. The number of nitrogens with one attached hydrogen (secondary N) is 3. The number of aromatic nitrogens is 1. The Morgan fingerprint density at radius 2 is 1.80 bits per heavy atom. The van der Waals surface area contributed by atoms with E-state index in [-0.39, 0.29) is 30.1 Å². The number of halogens is 1. The van der Waals surface area contributed by atoms with Gasteiger partial charge in [-0.2, -0.15) is 0 Å². The van der Waals surface area contributed by atoms with Crippen LogP contribution < -0.4 is 16.2 Å². The van der Waals surface area contributed by atoms with Gasteiger partial charge in [-0.3, -0.25) is 9.59 Å². The number of hydrogen-bond donors (Lipinski definition) is 3. The van der Waals surface area contributed by atoms with Crippen LogP contribution in [0.5, 0.6) is 0 Å². The molecule has 1 aliphatic heterocycles. The number of anilines is 1. The molecule has 8 nitrogen and oxygen atoms in total. The summed E-state index contributed by atoms with van der Waals surface area (Å²) in [6.45, 7) is 12.6. The molecular weight excluding hydrogens is 512 g/mol. The molecule has 2 aromatic rings. The fourth-order valence-electron chi connectivity index (χ4n) is 4.16. The standard InChI is InChI=1S/C26H35BrN4O4/c1-15-11-19(23(32)28-14-20-16(2)13-17(3)29-24(20)33)22(27)21(12-15)30-18-7-9-31(10-8-18)25(34)35-26(4,5)6/h11-13,18,30H,7-10,14H2,1-6H3,(H,28,32)(H,29,33). The molecule has 3 rings (SSSR count). The van der Waals surface area contributed by atoms with Crippen LogP contribution in [0, 0.1) is 20.8 Å². The number of likely N-dealkylation sites (tertiary alicyclic amines) is 1. The molecule has 0 spiro atoms. The topological polar surface area (TPSA) is 104 Å². The van der Waals surface area contributed by atoms with Crippen LogP contribution in [-0.4, -0.2) is 46.6 Å². The van der Waals surface area contributed by atoms with Crippen molar-refractivity contribution in [3.05, 3.63) is 61.0 Å². The first-order valence-electron chi connectivity index (χ1n) is 11.9. The maximum atomic E-state index is 13.0. The fourth-order valence-corrected chi connectivity index (χ4v) is 4.68. The zero-order chi connectivity index (χ0) is 25.9. The van der Waals surface area contributed by atoms with Gasteiger partial charge in [-0.15, -0.1) is 0 Å². The largest absolute Gasteiger partial charge is 0.444 e. The van der Waals surface area contributed by atoms with Crippen molar-refractivity contribution in [1.82, 2.24) is 15.2 Å². The number of benzene rings is 1. The van der Waals surface area contributed by atoms with E-state index in [1.54, 1.807) is 4.90 Å². The Balaban J connectivity index is 1.66. The van der Waals surface area contributed by atoms with Gasteiger partial charge in [-0.25, -0.2) is 4.79 Å².